The molecule has 0 bridgehead atoms. The fraction of sp³-hybridized carbons (Fsp3) is 0.158. The monoisotopic (exact) mass is 339 g/mol. The zero-order chi connectivity index (χ0) is 16.7. The van der Waals surface area contributed by atoms with Crippen molar-refractivity contribution in [1.29, 1.82) is 0 Å². The molecule has 0 N–H and O–H groups in total. The van der Waals surface area contributed by atoms with Gasteiger partial charge in [0.15, 0.2) is 5.70 Å². The van der Waals surface area contributed by atoms with Gasteiger partial charge in [0, 0.05) is 6.42 Å². The first-order chi connectivity index (χ1) is 11.6. The van der Waals surface area contributed by atoms with Crippen molar-refractivity contribution in [2.75, 3.05) is 0 Å². The molecule has 0 aliphatic carbocycles. The molecule has 1 atom stereocenters. The Hall–Kier alpha value is -2.59. The number of nitrogens with zero attached hydrogens (tertiary/aromatic N) is 1. The second-order valence-electron chi connectivity index (χ2n) is 5.82. The first-order valence-electron chi connectivity index (χ1n) is 7.67. The number of fused-ring (bicyclic) bond motifs is 1. The SMILES string of the molecule is C[C@@H]1Cc2cc(/C=C3/N=C(c4ccccc4Cl)OC3=O)ccc2O1. The summed E-state index contributed by atoms with van der Waals surface area (Å²) >= 11 is 6.13. The van der Waals surface area contributed by atoms with E-state index in [9.17, 15) is 4.79 Å². The molecule has 0 saturated heterocycles. The Morgan fingerprint density at radius 2 is 2.08 bits per heavy atom. The third-order valence-corrected chi connectivity index (χ3v) is 4.28. The number of carbonyl (C=O) groups is 1. The molecule has 0 radical (unpaired) electrons. The van der Waals surface area contributed by atoms with Gasteiger partial charge in [-0.1, -0.05) is 29.8 Å². The average Bonchev–Trinajstić information content (AvgIpc) is 3.09. The zero-order valence-corrected chi connectivity index (χ0v) is 13.7. The predicted molar refractivity (Wildman–Crippen MR) is 92.3 cm³/mol. The summed E-state index contributed by atoms with van der Waals surface area (Å²) < 4.78 is 10.9. The Morgan fingerprint density at radius 3 is 2.92 bits per heavy atom. The second kappa shape index (κ2) is 5.80. The molecule has 2 aromatic carbocycles. The van der Waals surface area contributed by atoms with Crippen molar-refractivity contribution in [3.8, 4) is 5.75 Å². The van der Waals surface area contributed by atoms with Crippen LogP contribution in [0.3, 0.4) is 0 Å². The summed E-state index contributed by atoms with van der Waals surface area (Å²) in [6.07, 6.45) is 2.77. The highest BCUT2D eigenvalue weighted by atomic mass is 35.5. The number of cyclic esters (lactones) is 1. The van der Waals surface area contributed by atoms with Gasteiger partial charge in [0.05, 0.1) is 10.6 Å². The van der Waals surface area contributed by atoms with Crippen LogP contribution in [0.25, 0.3) is 6.08 Å². The largest absolute Gasteiger partial charge is 0.490 e. The molecule has 0 spiro atoms. The third kappa shape index (κ3) is 2.69. The number of halogens is 1. The quantitative estimate of drug-likeness (QED) is 0.613. The number of benzene rings is 2. The molecule has 24 heavy (non-hydrogen) atoms. The molecule has 5 heteroatoms. The molecule has 0 aromatic heterocycles. The minimum atomic E-state index is -0.477. The van der Waals surface area contributed by atoms with Crippen molar-refractivity contribution in [2.45, 2.75) is 19.4 Å². The first-order valence-corrected chi connectivity index (χ1v) is 8.05. The molecule has 120 valence electrons. The summed E-state index contributed by atoms with van der Waals surface area (Å²) in [6.45, 7) is 2.03. The van der Waals surface area contributed by atoms with Crippen LogP contribution in [0.2, 0.25) is 5.02 Å². The van der Waals surface area contributed by atoms with Crippen molar-refractivity contribution >= 4 is 29.5 Å². The van der Waals surface area contributed by atoms with E-state index in [0.29, 0.717) is 10.6 Å². The normalized spacial score (nSPS) is 20.6. The molecule has 2 aliphatic rings. The molecule has 0 saturated carbocycles. The highest BCUT2D eigenvalue weighted by molar-refractivity contribution is 6.34. The van der Waals surface area contributed by atoms with Crippen molar-refractivity contribution < 1.29 is 14.3 Å². The molecule has 4 nitrogen and oxygen atoms in total. The Balaban J connectivity index is 1.67. The fourth-order valence-corrected chi connectivity index (χ4v) is 3.07. The van der Waals surface area contributed by atoms with E-state index >= 15 is 0 Å². The molecule has 0 fully saturated rings. The minimum Gasteiger partial charge on any atom is -0.490 e. The van der Waals surface area contributed by atoms with Crippen LogP contribution < -0.4 is 4.74 Å². The molecule has 2 aromatic rings. The standard InChI is InChI=1S/C19H14ClNO3/c1-11-8-13-9-12(6-7-17(13)23-11)10-16-19(22)24-18(21-16)14-4-2-3-5-15(14)20/h2-7,9-11H,8H2,1H3/b16-10+/t11-/m1/s1. The van der Waals surface area contributed by atoms with Crippen molar-refractivity contribution in [2.24, 2.45) is 4.99 Å². The Kier molecular flexibility index (Phi) is 3.62. The van der Waals surface area contributed by atoms with Gasteiger partial charge in [-0.2, -0.15) is 0 Å². The lowest BCUT2D eigenvalue weighted by atomic mass is 10.1. The van der Waals surface area contributed by atoms with Crippen LogP contribution in [0.4, 0.5) is 0 Å². The summed E-state index contributed by atoms with van der Waals surface area (Å²) in [6, 6.07) is 13.0. The average molecular weight is 340 g/mol. The van der Waals surface area contributed by atoms with E-state index in [1.165, 1.54) is 0 Å². The number of aliphatic imine (C=N–C) groups is 1. The number of hydrogen-bond donors (Lipinski definition) is 0. The van der Waals surface area contributed by atoms with Gasteiger partial charge in [-0.25, -0.2) is 9.79 Å². The van der Waals surface area contributed by atoms with Crippen molar-refractivity contribution in [3.05, 3.63) is 69.9 Å². The summed E-state index contributed by atoms with van der Waals surface area (Å²) in [4.78, 5) is 16.4. The van der Waals surface area contributed by atoms with E-state index in [2.05, 4.69) is 4.99 Å². The van der Waals surface area contributed by atoms with Crippen LogP contribution in [0, 0.1) is 0 Å². The topological polar surface area (TPSA) is 47.9 Å². The van der Waals surface area contributed by atoms with E-state index in [4.69, 9.17) is 21.1 Å². The number of hydrogen-bond acceptors (Lipinski definition) is 4. The van der Waals surface area contributed by atoms with Crippen LogP contribution in [-0.4, -0.2) is 18.0 Å². The molecule has 0 unspecified atom stereocenters. The van der Waals surface area contributed by atoms with Crippen molar-refractivity contribution in [1.82, 2.24) is 0 Å². The maximum absolute atomic E-state index is 12.1. The number of carbonyl (C=O) groups excluding carboxylic acids is 1. The van der Waals surface area contributed by atoms with Gasteiger partial charge < -0.3 is 9.47 Å². The number of rotatable bonds is 2. The lowest BCUT2D eigenvalue weighted by Crippen LogP contribution is -2.05. The molecule has 2 heterocycles. The number of esters is 1. The van der Waals surface area contributed by atoms with Crippen LogP contribution in [-0.2, 0) is 16.0 Å². The fourth-order valence-electron chi connectivity index (χ4n) is 2.85. The first kappa shape index (κ1) is 15.0. The predicted octanol–water partition coefficient (Wildman–Crippen LogP) is 4.01. The summed E-state index contributed by atoms with van der Waals surface area (Å²) in [5.41, 5.74) is 2.89. The molecule has 2 aliphatic heterocycles. The van der Waals surface area contributed by atoms with Crippen LogP contribution in [0.5, 0.6) is 5.75 Å². The smallest absolute Gasteiger partial charge is 0.363 e. The van der Waals surface area contributed by atoms with Gasteiger partial charge in [-0.15, -0.1) is 0 Å². The van der Waals surface area contributed by atoms with Gasteiger partial charge in [-0.05, 0) is 48.4 Å². The minimum absolute atomic E-state index is 0.184. The summed E-state index contributed by atoms with van der Waals surface area (Å²) in [5, 5.41) is 0.494. The van der Waals surface area contributed by atoms with E-state index < -0.39 is 5.97 Å². The van der Waals surface area contributed by atoms with E-state index in [0.717, 1.165) is 23.3 Å². The van der Waals surface area contributed by atoms with E-state index in [-0.39, 0.29) is 17.7 Å². The van der Waals surface area contributed by atoms with Gasteiger partial charge in [0.25, 0.3) is 0 Å². The van der Waals surface area contributed by atoms with Crippen molar-refractivity contribution in [3.63, 3.8) is 0 Å². The lowest BCUT2D eigenvalue weighted by Gasteiger charge is -2.02. The second-order valence-corrected chi connectivity index (χ2v) is 6.22. The highest BCUT2D eigenvalue weighted by Crippen LogP contribution is 2.30. The maximum Gasteiger partial charge on any atom is 0.363 e. The summed E-state index contributed by atoms with van der Waals surface area (Å²) in [7, 11) is 0. The Morgan fingerprint density at radius 1 is 1.25 bits per heavy atom. The molecular formula is C19H14ClNO3. The van der Waals surface area contributed by atoms with E-state index in [1.54, 1.807) is 18.2 Å². The molecule has 4 rings (SSSR count). The van der Waals surface area contributed by atoms with Gasteiger partial charge >= 0.3 is 5.97 Å². The Labute approximate surface area is 144 Å². The van der Waals surface area contributed by atoms with Gasteiger partial charge in [0.2, 0.25) is 5.90 Å². The maximum atomic E-state index is 12.1. The van der Waals surface area contributed by atoms with Gasteiger partial charge in [0.1, 0.15) is 11.9 Å². The van der Waals surface area contributed by atoms with Crippen LogP contribution >= 0.6 is 11.6 Å². The number of ether oxygens (including phenoxy) is 2. The van der Waals surface area contributed by atoms with Crippen LogP contribution in [0.1, 0.15) is 23.6 Å². The Bertz CT molecular complexity index is 901. The highest BCUT2D eigenvalue weighted by Gasteiger charge is 2.26. The zero-order valence-electron chi connectivity index (χ0n) is 13.0. The van der Waals surface area contributed by atoms with E-state index in [1.807, 2.05) is 37.3 Å². The molecule has 0 amide bonds. The lowest BCUT2D eigenvalue weighted by molar-refractivity contribution is -0.129. The molecular weight excluding hydrogens is 326 g/mol. The van der Waals surface area contributed by atoms with Gasteiger partial charge in [-0.3, -0.25) is 0 Å². The summed E-state index contributed by atoms with van der Waals surface area (Å²) in [5.74, 6) is 0.656. The third-order valence-electron chi connectivity index (χ3n) is 3.95. The van der Waals surface area contributed by atoms with Crippen LogP contribution in [0.15, 0.2) is 53.2 Å².